The van der Waals surface area contributed by atoms with E-state index in [4.69, 9.17) is 16.6 Å². The summed E-state index contributed by atoms with van der Waals surface area (Å²) in [5.41, 5.74) is 5.28. The maximum Gasteiger partial charge on any atom is 0.223 e. The fourth-order valence-electron chi connectivity index (χ4n) is 4.00. The number of halogens is 1. The van der Waals surface area contributed by atoms with E-state index in [2.05, 4.69) is 51.7 Å². The molecule has 2 aromatic carbocycles. The Labute approximate surface area is 194 Å². The van der Waals surface area contributed by atoms with Crippen LogP contribution in [0.5, 0.6) is 5.75 Å². The van der Waals surface area contributed by atoms with E-state index >= 15 is 0 Å². The van der Waals surface area contributed by atoms with Crippen molar-refractivity contribution in [3.63, 3.8) is 0 Å². The molecule has 6 nitrogen and oxygen atoms in total. The number of piperazine rings is 1. The van der Waals surface area contributed by atoms with Crippen molar-refractivity contribution < 1.29 is 5.11 Å². The van der Waals surface area contributed by atoms with Gasteiger partial charge < -0.3 is 15.7 Å². The highest BCUT2D eigenvalue weighted by molar-refractivity contribution is 6.32. The van der Waals surface area contributed by atoms with Gasteiger partial charge in [-0.2, -0.15) is 0 Å². The van der Waals surface area contributed by atoms with Gasteiger partial charge in [-0.05, 0) is 55.7 Å². The monoisotopic (exact) mass is 451 g/mol. The van der Waals surface area contributed by atoms with E-state index in [1.54, 1.807) is 12.1 Å². The van der Waals surface area contributed by atoms with Crippen LogP contribution in [0.4, 0.5) is 5.95 Å². The molecule has 32 heavy (non-hydrogen) atoms. The standard InChI is InChI=1S/C25H30ClN5O/c1-17-12-23(21-5-3-4-20(13-21)16-31-11-10-27-15-18(31)2)30-25(29-17)28-9-8-19-6-7-24(32)22(26)14-19/h3-7,12-14,18,27,32H,8-11,15-16H2,1-2H3,(H,28,29,30). The van der Waals surface area contributed by atoms with Crippen molar-refractivity contribution in [2.45, 2.75) is 32.9 Å². The molecule has 0 bridgehead atoms. The van der Waals surface area contributed by atoms with E-state index in [-0.39, 0.29) is 5.75 Å². The van der Waals surface area contributed by atoms with Crippen molar-refractivity contribution >= 4 is 17.5 Å². The zero-order chi connectivity index (χ0) is 22.5. The first-order valence-corrected chi connectivity index (χ1v) is 11.5. The minimum Gasteiger partial charge on any atom is -0.506 e. The van der Waals surface area contributed by atoms with Gasteiger partial charge in [-0.25, -0.2) is 9.97 Å². The number of anilines is 1. The smallest absolute Gasteiger partial charge is 0.223 e. The summed E-state index contributed by atoms with van der Waals surface area (Å²) in [7, 11) is 0. The quantitative estimate of drug-likeness (QED) is 0.498. The van der Waals surface area contributed by atoms with Crippen molar-refractivity contribution in [2.24, 2.45) is 0 Å². The Morgan fingerprint density at radius 2 is 2.03 bits per heavy atom. The van der Waals surface area contributed by atoms with Crippen molar-refractivity contribution in [3.8, 4) is 17.0 Å². The molecule has 0 saturated carbocycles. The van der Waals surface area contributed by atoms with Gasteiger partial charge in [-0.1, -0.05) is 35.9 Å². The molecule has 168 valence electrons. The minimum atomic E-state index is 0.101. The number of phenols is 1. The summed E-state index contributed by atoms with van der Waals surface area (Å²) in [5.74, 6) is 0.717. The molecule has 2 heterocycles. The van der Waals surface area contributed by atoms with Crippen LogP contribution in [0.15, 0.2) is 48.5 Å². The van der Waals surface area contributed by atoms with E-state index in [1.807, 2.05) is 19.1 Å². The Balaban J connectivity index is 1.44. The first-order valence-electron chi connectivity index (χ1n) is 11.1. The summed E-state index contributed by atoms with van der Waals surface area (Å²) < 4.78 is 0. The summed E-state index contributed by atoms with van der Waals surface area (Å²) in [6, 6.07) is 16.5. The number of aromatic nitrogens is 2. The van der Waals surface area contributed by atoms with Gasteiger partial charge in [-0.3, -0.25) is 4.90 Å². The third-order valence-corrected chi connectivity index (χ3v) is 6.11. The number of nitrogens with one attached hydrogen (secondary N) is 2. The molecule has 0 spiro atoms. The molecule has 1 aliphatic rings. The molecule has 3 N–H and O–H groups in total. The second-order valence-corrected chi connectivity index (χ2v) is 8.81. The lowest BCUT2D eigenvalue weighted by atomic mass is 10.1. The van der Waals surface area contributed by atoms with Gasteiger partial charge in [0.25, 0.3) is 0 Å². The first kappa shape index (κ1) is 22.5. The number of hydrogen-bond donors (Lipinski definition) is 3. The van der Waals surface area contributed by atoms with Crippen molar-refractivity contribution in [3.05, 3.63) is 70.4 Å². The van der Waals surface area contributed by atoms with Gasteiger partial charge in [0.05, 0.1) is 10.7 Å². The van der Waals surface area contributed by atoms with Crippen LogP contribution in [0.25, 0.3) is 11.3 Å². The molecule has 1 aliphatic heterocycles. The van der Waals surface area contributed by atoms with E-state index in [0.717, 1.165) is 55.1 Å². The van der Waals surface area contributed by atoms with E-state index in [1.165, 1.54) is 5.56 Å². The number of rotatable bonds is 7. The topological polar surface area (TPSA) is 73.3 Å². The lowest BCUT2D eigenvalue weighted by molar-refractivity contribution is 0.165. The van der Waals surface area contributed by atoms with Crippen LogP contribution >= 0.6 is 11.6 Å². The number of aromatic hydroxyl groups is 1. The predicted octanol–water partition coefficient (Wildman–Crippen LogP) is 4.26. The van der Waals surface area contributed by atoms with E-state index < -0.39 is 0 Å². The van der Waals surface area contributed by atoms with Gasteiger partial charge in [0.1, 0.15) is 5.75 Å². The Hall–Kier alpha value is -2.67. The average Bonchev–Trinajstić information content (AvgIpc) is 2.78. The average molecular weight is 452 g/mol. The van der Waals surface area contributed by atoms with Crippen molar-refractivity contribution in [2.75, 3.05) is 31.5 Å². The van der Waals surface area contributed by atoms with Crippen molar-refractivity contribution in [1.29, 1.82) is 0 Å². The number of hydrogen-bond acceptors (Lipinski definition) is 6. The van der Waals surface area contributed by atoms with Crippen LogP contribution in [0.3, 0.4) is 0 Å². The third kappa shape index (κ3) is 5.76. The van der Waals surface area contributed by atoms with Crippen LogP contribution in [0, 0.1) is 6.92 Å². The largest absolute Gasteiger partial charge is 0.506 e. The zero-order valence-electron chi connectivity index (χ0n) is 18.6. The number of aryl methyl sites for hydroxylation is 1. The fraction of sp³-hybridized carbons (Fsp3) is 0.360. The van der Waals surface area contributed by atoms with Crippen molar-refractivity contribution in [1.82, 2.24) is 20.2 Å². The Kier molecular flexibility index (Phi) is 7.25. The summed E-state index contributed by atoms with van der Waals surface area (Å²) >= 11 is 6.00. The molecule has 0 radical (unpaired) electrons. The zero-order valence-corrected chi connectivity index (χ0v) is 19.4. The second kappa shape index (κ2) is 10.3. The van der Waals surface area contributed by atoms with E-state index in [0.29, 0.717) is 23.6 Å². The van der Waals surface area contributed by atoms with Crippen LogP contribution in [-0.2, 0) is 13.0 Å². The van der Waals surface area contributed by atoms with Gasteiger partial charge in [0.2, 0.25) is 5.95 Å². The molecule has 7 heteroatoms. The number of nitrogens with zero attached hydrogens (tertiary/aromatic N) is 3. The first-order chi connectivity index (χ1) is 15.5. The van der Waals surface area contributed by atoms with Crippen LogP contribution in [0.2, 0.25) is 5.02 Å². The summed E-state index contributed by atoms with van der Waals surface area (Å²) in [4.78, 5) is 11.8. The predicted molar refractivity (Wildman–Crippen MR) is 130 cm³/mol. The maximum absolute atomic E-state index is 9.57. The van der Waals surface area contributed by atoms with Gasteiger partial charge in [-0.15, -0.1) is 0 Å². The normalized spacial score (nSPS) is 16.8. The molecule has 0 aliphatic carbocycles. The highest BCUT2D eigenvalue weighted by atomic mass is 35.5. The fourth-order valence-corrected chi connectivity index (χ4v) is 4.20. The lowest BCUT2D eigenvalue weighted by Crippen LogP contribution is -2.49. The van der Waals surface area contributed by atoms with Crippen LogP contribution < -0.4 is 10.6 Å². The highest BCUT2D eigenvalue weighted by Crippen LogP contribution is 2.24. The number of benzene rings is 2. The SMILES string of the molecule is Cc1cc(-c2cccc(CN3CCNCC3C)c2)nc(NCCc2ccc(O)c(Cl)c2)n1. The molecule has 1 atom stereocenters. The molecular weight excluding hydrogens is 422 g/mol. The van der Waals surface area contributed by atoms with Crippen LogP contribution in [-0.4, -0.2) is 52.2 Å². The maximum atomic E-state index is 9.57. The molecule has 0 amide bonds. The molecule has 1 unspecified atom stereocenters. The van der Waals surface area contributed by atoms with E-state index in [9.17, 15) is 5.11 Å². The summed E-state index contributed by atoms with van der Waals surface area (Å²) in [6.07, 6.45) is 0.755. The van der Waals surface area contributed by atoms with Gasteiger partial charge >= 0.3 is 0 Å². The minimum absolute atomic E-state index is 0.101. The molecule has 1 saturated heterocycles. The molecule has 4 rings (SSSR count). The van der Waals surface area contributed by atoms with Gasteiger partial charge in [0, 0.05) is 50.0 Å². The Morgan fingerprint density at radius 1 is 1.16 bits per heavy atom. The lowest BCUT2D eigenvalue weighted by Gasteiger charge is -2.33. The highest BCUT2D eigenvalue weighted by Gasteiger charge is 2.18. The molecule has 1 aromatic heterocycles. The second-order valence-electron chi connectivity index (χ2n) is 8.40. The third-order valence-electron chi connectivity index (χ3n) is 5.81. The van der Waals surface area contributed by atoms with Gasteiger partial charge in [0.15, 0.2) is 0 Å². The number of phenolic OH excluding ortho intramolecular Hbond substituents is 1. The Morgan fingerprint density at radius 3 is 2.84 bits per heavy atom. The molecular formula is C25H30ClN5O. The van der Waals surface area contributed by atoms with Crippen LogP contribution in [0.1, 0.15) is 23.7 Å². The molecule has 1 fully saturated rings. The molecule has 3 aromatic rings. The summed E-state index contributed by atoms with van der Waals surface area (Å²) in [6.45, 7) is 9.02. The summed E-state index contributed by atoms with van der Waals surface area (Å²) in [5, 5.41) is 16.7. The Bertz CT molecular complexity index is 1070.